The molecule has 0 bridgehead atoms. The van der Waals surface area contributed by atoms with Crippen LogP contribution in [0, 0.1) is 0 Å². The zero-order valence-corrected chi connectivity index (χ0v) is 26.7. The lowest BCUT2D eigenvalue weighted by Gasteiger charge is -2.44. The maximum atomic E-state index is 13.6. The van der Waals surface area contributed by atoms with Gasteiger partial charge >= 0.3 is 29.8 Å². The van der Waals surface area contributed by atoms with Gasteiger partial charge in [0.1, 0.15) is 18.8 Å². The largest absolute Gasteiger partial charge is 0.478 e. The highest BCUT2D eigenvalue weighted by atomic mass is 16.7. The van der Waals surface area contributed by atoms with Gasteiger partial charge in [-0.3, -0.25) is 4.79 Å². The molecule has 1 heterocycles. The number of benzene rings is 4. The van der Waals surface area contributed by atoms with Crippen LogP contribution in [0.15, 0.2) is 133 Å². The predicted molar refractivity (Wildman–Crippen MR) is 177 cm³/mol. The summed E-state index contributed by atoms with van der Waals surface area (Å²) < 4.78 is 29.2. The summed E-state index contributed by atoms with van der Waals surface area (Å²) in [7, 11) is 0. The number of ether oxygens (including phenoxy) is 5. The van der Waals surface area contributed by atoms with Crippen molar-refractivity contribution >= 4 is 35.8 Å². The zero-order valence-electron chi connectivity index (χ0n) is 26.7. The summed E-state index contributed by atoms with van der Waals surface area (Å²) in [6, 6.07) is 29.7. The van der Waals surface area contributed by atoms with Crippen molar-refractivity contribution in [2.75, 3.05) is 6.61 Å². The highest BCUT2D eigenvalue weighted by Gasteiger charge is 2.53. The Hall–Kier alpha value is -6.60. The van der Waals surface area contributed by atoms with E-state index < -0.39 is 73.0 Å². The maximum Gasteiger partial charge on any atom is 0.340 e. The molecule has 5 atom stereocenters. The second kappa shape index (κ2) is 17.2. The van der Waals surface area contributed by atoms with Gasteiger partial charge in [0, 0.05) is 12.2 Å². The highest BCUT2D eigenvalue weighted by molar-refractivity contribution is 5.94. The highest BCUT2D eigenvalue weighted by Crippen LogP contribution is 2.30. The lowest BCUT2D eigenvalue weighted by atomic mass is 9.95. The lowest BCUT2D eigenvalue weighted by Crippen LogP contribution is -2.67. The second-order valence-corrected chi connectivity index (χ2v) is 11.0. The first kappa shape index (κ1) is 35.7. The average molecular weight is 694 g/mol. The van der Waals surface area contributed by atoms with Crippen LogP contribution in [0.3, 0.4) is 0 Å². The average Bonchev–Trinajstić information content (AvgIpc) is 3.16. The van der Waals surface area contributed by atoms with Crippen molar-refractivity contribution in [1.82, 2.24) is 5.32 Å². The Bertz CT molecular complexity index is 1870. The minimum atomic E-state index is -1.76. The Morgan fingerprint density at radius 1 is 0.569 bits per heavy atom. The van der Waals surface area contributed by atoms with Gasteiger partial charge in [0.2, 0.25) is 12.2 Å². The molecule has 13 nitrogen and oxygen atoms in total. The van der Waals surface area contributed by atoms with Crippen LogP contribution in [-0.2, 0) is 33.3 Å². The minimum absolute atomic E-state index is 0.0814. The number of aliphatic carboxylic acids is 1. The first-order valence-corrected chi connectivity index (χ1v) is 15.6. The monoisotopic (exact) mass is 693 g/mol. The van der Waals surface area contributed by atoms with Crippen molar-refractivity contribution in [3.05, 3.63) is 156 Å². The van der Waals surface area contributed by atoms with Crippen molar-refractivity contribution in [3.63, 3.8) is 0 Å². The minimum Gasteiger partial charge on any atom is -0.478 e. The van der Waals surface area contributed by atoms with Crippen molar-refractivity contribution in [3.8, 4) is 0 Å². The van der Waals surface area contributed by atoms with Crippen LogP contribution in [0.4, 0.5) is 0 Å². The standard InChI is InChI=1S/C38H31NO12/c40-29(21-22-30(41)42)39-31-33(50-36(45)26-17-9-3-10-18-26)32(49-35(44)25-15-7-2-8-16-25)28(23-47-34(43)24-13-5-1-6-14-24)48-38(31)51-37(46)27-19-11-4-12-20-27/h1-22,28,31-33,38H,23H2,(H,39,40)(H,41,42)/b22-21-/t28-,31-,32-,33-,38+/m1/s1. The van der Waals surface area contributed by atoms with E-state index in [1.807, 2.05) is 0 Å². The van der Waals surface area contributed by atoms with Crippen LogP contribution in [-0.4, -0.2) is 78.1 Å². The third-order valence-corrected chi connectivity index (χ3v) is 7.46. The van der Waals surface area contributed by atoms with Crippen molar-refractivity contribution in [2.24, 2.45) is 0 Å². The molecule has 0 unspecified atom stereocenters. The number of nitrogens with one attached hydrogen (secondary N) is 1. The number of amides is 1. The molecule has 1 aliphatic rings. The summed E-state index contributed by atoms with van der Waals surface area (Å²) in [5.74, 6) is -5.92. The van der Waals surface area contributed by atoms with Crippen LogP contribution < -0.4 is 5.32 Å². The number of hydrogen-bond donors (Lipinski definition) is 2. The van der Waals surface area contributed by atoms with Gasteiger partial charge in [-0.1, -0.05) is 72.8 Å². The first-order chi connectivity index (χ1) is 24.7. The summed E-state index contributed by atoms with van der Waals surface area (Å²) in [5, 5.41) is 11.6. The number of rotatable bonds is 12. The number of carboxylic acids is 1. The molecular formula is C38H31NO12. The van der Waals surface area contributed by atoms with E-state index in [2.05, 4.69) is 5.32 Å². The van der Waals surface area contributed by atoms with Crippen molar-refractivity contribution in [1.29, 1.82) is 0 Å². The van der Waals surface area contributed by atoms with Gasteiger partial charge in [-0.2, -0.15) is 0 Å². The van der Waals surface area contributed by atoms with Gasteiger partial charge in [0.15, 0.2) is 12.2 Å². The normalized spacial score (nSPS) is 19.6. The van der Waals surface area contributed by atoms with Gasteiger partial charge in [-0.25, -0.2) is 24.0 Å². The summed E-state index contributed by atoms with van der Waals surface area (Å²) in [5.41, 5.74) is 0.478. The fraction of sp³-hybridized carbons (Fsp3) is 0.158. The number of carboxylic acid groups (broad SMARTS) is 1. The van der Waals surface area contributed by atoms with E-state index in [0.717, 1.165) is 0 Å². The summed E-state index contributed by atoms with van der Waals surface area (Å²) in [4.78, 5) is 77.6. The van der Waals surface area contributed by atoms with Crippen LogP contribution in [0.2, 0.25) is 0 Å². The molecule has 0 aliphatic carbocycles. The van der Waals surface area contributed by atoms with E-state index in [0.29, 0.717) is 12.2 Å². The topological polar surface area (TPSA) is 181 Å². The SMILES string of the molecule is O=C(O)/C=C\C(=O)N[C@H]1[C@H](OC(=O)c2ccccc2)O[C@H](COC(=O)c2ccccc2)[C@@H](OC(=O)c2ccccc2)[C@@H]1OC(=O)c1ccccc1. The first-order valence-electron chi connectivity index (χ1n) is 15.6. The Labute approximate surface area is 291 Å². The smallest absolute Gasteiger partial charge is 0.340 e. The van der Waals surface area contributed by atoms with E-state index in [9.17, 15) is 28.8 Å². The van der Waals surface area contributed by atoms with E-state index >= 15 is 0 Å². The summed E-state index contributed by atoms with van der Waals surface area (Å²) in [6.45, 7) is -0.598. The summed E-state index contributed by atoms with van der Waals surface area (Å²) in [6.07, 6.45) is -5.23. The van der Waals surface area contributed by atoms with E-state index in [1.165, 1.54) is 48.5 Å². The van der Waals surface area contributed by atoms with E-state index in [1.54, 1.807) is 72.8 Å². The number of carbonyl (C=O) groups excluding carboxylic acids is 5. The van der Waals surface area contributed by atoms with Gasteiger partial charge in [-0.05, 0) is 48.5 Å². The Morgan fingerprint density at radius 3 is 1.43 bits per heavy atom. The Balaban J connectivity index is 1.57. The van der Waals surface area contributed by atoms with E-state index in [-0.39, 0.29) is 22.3 Å². The Morgan fingerprint density at radius 2 is 0.980 bits per heavy atom. The molecular weight excluding hydrogens is 662 g/mol. The Kier molecular flexibility index (Phi) is 12.0. The van der Waals surface area contributed by atoms with Crippen LogP contribution in [0.5, 0.6) is 0 Å². The van der Waals surface area contributed by atoms with Crippen LogP contribution in [0.1, 0.15) is 41.4 Å². The van der Waals surface area contributed by atoms with Crippen molar-refractivity contribution in [2.45, 2.75) is 30.6 Å². The second-order valence-electron chi connectivity index (χ2n) is 11.0. The van der Waals surface area contributed by atoms with Crippen LogP contribution >= 0.6 is 0 Å². The van der Waals surface area contributed by atoms with Crippen LogP contribution in [0.25, 0.3) is 0 Å². The van der Waals surface area contributed by atoms with Gasteiger partial charge in [-0.15, -0.1) is 0 Å². The zero-order chi connectivity index (χ0) is 36.2. The number of carbonyl (C=O) groups is 6. The molecule has 2 N–H and O–H groups in total. The fourth-order valence-electron chi connectivity index (χ4n) is 5.03. The molecule has 1 aliphatic heterocycles. The molecule has 0 radical (unpaired) electrons. The maximum absolute atomic E-state index is 13.6. The molecule has 260 valence electrons. The third kappa shape index (κ3) is 9.74. The molecule has 1 fully saturated rings. The molecule has 0 aromatic heterocycles. The molecule has 51 heavy (non-hydrogen) atoms. The number of hydrogen-bond acceptors (Lipinski definition) is 11. The quantitative estimate of drug-likeness (QED) is 0.124. The molecule has 0 spiro atoms. The van der Waals surface area contributed by atoms with Gasteiger partial charge < -0.3 is 34.1 Å². The van der Waals surface area contributed by atoms with Gasteiger partial charge in [0.25, 0.3) is 0 Å². The predicted octanol–water partition coefficient (Wildman–Crippen LogP) is 4.00. The molecule has 4 aromatic rings. The van der Waals surface area contributed by atoms with Gasteiger partial charge in [0.05, 0.1) is 22.3 Å². The van der Waals surface area contributed by atoms with E-state index in [4.69, 9.17) is 28.8 Å². The molecule has 13 heteroatoms. The molecule has 1 saturated heterocycles. The molecule has 1 amide bonds. The number of esters is 4. The summed E-state index contributed by atoms with van der Waals surface area (Å²) >= 11 is 0. The van der Waals surface area contributed by atoms with Crippen molar-refractivity contribution < 1.29 is 57.6 Å². The molecule has 0 saturated carbocycles. The lowest BCUT2D eigenvalue weighted by molar-refractivity contribution is -0.252. The molecule has 5 rings (SSSR count). The third-order valence-electron chi connectivity index (χ3n) is 7.46. The fourth-order valence-corrected chi connectivity index (χ4v) is 5.03. The molecule has 4 aromatic carbocycles.